The highest BCUT2D eigenvalue weighted by atomic mass is 16.5. The Morgan fingerprint density at radius 1 is 1.03 bits per heavy atom. The van der Waals surface area contributed by atoms with Gasteiger partial charge in [0.1, 0.15) is 18.1 Å². The zero-order chi connectivity index (χ0) is 25.4. The standard InChI is InChI=1S/C28H25N3O5/c1-17(32)29-20-9-11-21(12-10-20)31-25(18-6-4-3-5-7-18)24(27(34)28(31)35)26(33)19-8-13-23-22(16-19)30(2)14-15-36-23/h3-13,16,25,33H,14-15H2,1-2H3,(H,29,32)/b26-24-. The summed E-state index contributed by atoms with van der Waals surface area (Å²) in [6.07, 6.45) is 0. The van der Waals surface area contributed by atoms with Crippen molar-refractivity contribution in [2.75, 3.05) is 35.3 Å². The topological polar surface area (TPSA) is 99.2 Å². The average molecular weight is 484 g/mol. The molecule has 5 rings (SSSR count). The fraction of sp³-hybridized carbons (Fsp3) is 0.179. The quantitative estimate of drug-likeness (QED) is 0.329. The maximum Gasteiger partial charge on any atom is 0.300 e. The summed E-state index contributed by atoms with van der Waals surface area (Å²) in [5, 5.41) is 14.1. The van der Waals surface area contributed by atoms with Gasteiger partial charge in [-0.05, 0) is 48.0 Å². The van der Waals surface area contributed by atoms with E-state index in [2.05, 4.69) is 5.32 Å². The lowest BCUT2D eigenvalue weighted by atomic mass is 9.95. The Hall–Kier alpha value is -4.59. The van der Waals surface area contributed by atoms with Crippen LogP contribution in [-0.2, 0) is 14.4 Å². The molecule has 3 aromatic carbocycles. The predicted octanol–water partition coefficient (Wildman–Crippen LogP) is 4.10. The van der Waals surface area contributed by atoms with Gasteiger partial charge < -0.3 is 20.1 Å². The van der Waals surface area contributed by atoms with Crippen molar-refractivity contribution in [2.45, 2.75) is 13.0 Å². The van der Waals surface area contributed by atoms with Crippen LogP contribution < -0.4 is 19.9 Å². The van der Waals surface area contributed by atoms with Crippen LogP contribution in [0.3, 0.4) is 0 Å². The molecule has 182 valence electrons. The lowest BCUT2D eigenvalue weighted by Crippen LogP contribution is -2.29. The highest BCUT2D eigenvalue weighted by molar-refractivity contribution is 6.51. The number of likely N-dealkylation sites (N-methyl/N-ethyl adjacent to an activating group) is 1. The van der Waals surface area contributed by atoms with Gasteiger partial charge in [0, 0.05) is 30.9 Å². The molecule has 1 unspecified atom stereocenters. The summed E-state index contributed by atoms with van der Waals surface area (Å²) in [6.45, 7) is 2.67. The fourth-order valence-corrected chi connectivity index (χ4v) is 4.61. The lowest BCUT2D eigenvalue weighted by Gasteiger charge is -2.28. The Kier molecular flexibility index (Phi) is 5.93. The first kappa shape index (κ1) is 23.2. The summed E-state index contributed by atoms with van der Waals surface area (Å²) >= 11 is 0. The average Bonchev–Trinajstić information content (AvgIpc) is 3.14. The Bertz CT molecular complexity index is 1380. The van der Waals surface area contributed by atoms with E-state index in [-0.39, 0.29) is 17.2 Å². The van der Waals surface area contributed by atoms with Crippen LogP contribution in [-0.4, -0.2) is 42.9 Å². The summed E-state index contributed by atoms with van der Waals surface area (Å²) in [5.41, 5.74) is 2.95. The molecule has 3 aromatic rings. The van der Waals surface area contributed by atoms with Crippen molar-refractivity contribution in [3.63, 3.8) is 0 Å². The van der Waals surface area contributed by atoms with E-state index < -0.39 is 17.7 Å². The van der Waals surface area contributed by atoms with Crippen LogP contribution in [0.25, 0.3) is 5.76 Å². The number of ether oxygens (including phenoxy) is 1. The molecule has 0 bridgehead atoms. The highest BCUT2D eigenvalue weighted by Crippen LogP contribution is 2.43. The fourth-order valence-electron chi connectivity index (χ4n) is 4.61. The van der Waals surface area contributed by atoms with Gasteiger partial charge in [-0.25, -0.2) is 0 Å². The first-order valence-corrected chi connectivity index (χ1v) is 11.6. The van der Waals surface area contributed by atoms with Crippen LogP contribution in [0.2, 0.25) is 0 Å². The van der Waals surface area contributed by atoms with E-state index in [0.717, 1.165) is 5.69 Å². The Balaban J connectivity index is 1.63. The first-order valence-electron chi connectivity index (χ1n) is 11.6. The molecule has 2 aliphatic rings. The number of hydrogen-bond donors (Lipinski definition) is 2. The number of anilines is 3. The van der Waals surface area contributed by atoms with Crippen molar-refractivity contribution in [3.8, 4) is 5.75 Å². The molecule has 0 spiro atoms. The van der Waals surface area contributed by atoms with E-state index in [1.807, 2.05) is 42.3 Å². The van der Waals surface area contributed by atoms with Crippen molar-refractivity contribution in [1.29, 1.82) is 0 Å². The van der Waals surface area contributed by atoms with Crippen molar-refractivity contribution >= 4 is 40.4 Å². The second-order valence-electron chi connectivity index (χ2n) is 8.76. The van der Waals surface area contributed by atoms with E-state index in [1.54, 1.807) is 42.5 Å². The van der Waals surface area contributed by atoms with Crippen LogP contribution >= 0.6 is 0 Å². The molecular formula is C28H25N3O5. The summed E-state index contributed by atoms with van der Waals surface area (Å²) < 4.78 is 5.70. The van der Waals surface area contributed by atoms with E-state index in [4.69, 9.17) is 4.74 Å². The van der Waals surface area contributed by atoms with E-state index in [1.165, 1.54) is 11.8 Å². The molecule has 2 N–H and O–H groups in total. The molecule has 1 saturated heterocycles. The number of amides is 2. The molecule has 0 aliphatic carbocycles. The molecule has 0 saturated carbocycles. The molecule has 1 atom stereocenters. The first-order chi connectivity index (χ1) is 17.3. The summed E-state index contributed by atoms with van der Waals surface area (Å²) in [6, 6.07) is 20.2. The zero-order valence-corrected chi connectivity index (χ0v) is 19.9. The summed E-state index contributed by atoms with van der Waals surface area (Å²) in [5.74, 6) is -1.28. The monoisotopic (exact) mass is 483 g/mol. The molecular weight excluding hydrogens is 458 g/mol. The van der Waals surface area contributed by atoms with Gasteiger partial charge in [0.05, 0.1) is 23.8 Å². The number of nitrogens with one attached hydrogen (secondary N) is 1. The third-order valence-electron chi connectivity index (χ3n) is 6.35. The van der Waals surface area contributed by atoms with Crippen molar-refractivity contribution < 1.29 is 24.2 Å². The van der Waals surface area contributed by atoms with Gasteiger partial charge in [-0.15, -0.1) is 0 Å². The van der Waals surface area contributed by atoms with Crippen LogP contribution in [0.1, 0.15) is 24.1 Å². The number of Topliss-reactive ketones (excluding diaryl/α,β-unsaturated/α-hetero) is 1. The number of carbonyl (C=O) groups is 3. The highest BCUT2D eigenvalue weighted by Gasteiger charge is 2.47. The number of aliphatic hydroxyl groups excluding tert-OH is 1. The molecule has 2 aliphatic heterocycles. The minimum atomic E-state index is -0.831. The van der Waals surface area contributed by atoms with Gasteiger partial charge in [0.2, 0.25) is 5.91 Å². The zero-order valence-electron chi connectivity index (χ0n) is 19.9. The van der Waals surface area contributed by atoms with Crippen molar-refractivity contribution in [2.24, 2.45) is 0 Å². The van der Waals surface area contributed by atoms with Crippen LogP contribution in [0, 0.1) is 0 Å². The molecule has 0 aromatic heterocycles. The molecule has 8 heteroatoms. The van der Waals surface area contributed by atoms with Crippen LogP contribution in [0.4, 0.5) is 17.1 Å². The lowest BCUT2D eigenvalue weighted by molar-refractivity contribution is -0.132. The van der Waals surface area contributed by atoms with Crippen molar-refractivity contribution in [3.05, 3.63) is 89.5 Å². The number of rotatable bonds is 4. The number of aliphatic hydroxyl groups is 1. The summed E-state index contributed by atoms with van der Waals surface area (Å²) in [7, 11) is 1.93. The molecule has 8 nitrogen and oxygen atoms in total. The van der Waals surface area contributed by atoms with Gasteiger partial charge in [-0.2, -0.15) is 0 Å². The second-order valence-corrected chi connectivity index (χ2v) is 8.76. The normalized spacial score (nSPS) is 18.6. The van der Waals surface area contributed by atoms with Crippen LogP contribution in [0.15, 0.2) is 78.4 Å². The Morgan fingerprint density at radius 3 is 2.44 bits per heavy atom. The predicted molar refractivity (Wildman–Crippen MR) is 137 cm³/mol. The van der Waals surface area contributed by atoms with Gasteiger partial charge in [0.25, 0.3) is 11.7 Å². The van der Waals surface area contributed by atoms with E-state index >= 15 is 0 Å². The van der Waals surface area contributed by atoms with E-state index in [0.29, 0.717) is 41.4 Å². The maximum atomic E-state index is 13.4. The summed E-state index contributed by atoms with van der Waals surface area (Å²) in [4.78, 5) is 41.4. The third-order valence-corrected chi connectivity index (χ3v) is 6.35. The molecule has 1 fully saturated rings. The maximum absolute atomic E-state index is 13.4. The number of carbonyl (C=O) groups excluding carboxylic acids is 3. The SMILES string of the molecule is CC(=O)Nc1ccc(N2C(=O)C(=O)/C(=C(\O)c3ccc4c(c3)N(C)CCO4)C2c2ccccc2)cc1. The van der Waals surface area contributed by atoms with Gasteiger partial charge in [-0.1, -0.05) is 30.3 Å². The largest absolute Gasteiger partial charge is 0.507 e. The Morgan fingerprint density at radius 2 is 1.75 bits per heavy atom. The molecule has 2 heterocycles. The number of nitrogens with zero attached hydrogens (tertiary/aromatic N) is 2. The second kappa shape index (κ2) is 9.22. The van der Waals surface area contributed by atoms with Gasteiger partial charge in [0.15, 0.2) is 0 Å². The molecule has 36 heavy (non-hydrogen) atoms. The number of benzene rings is 3. The molecule has 0 radical (unpaired) electrons. The minimum Gasteiger partial charge on any atom is -0.507 e. The number of fused-ring (bicyclic) bond motifs is 1. The Labute approximate surface area is 208 Å². The third kappa shape index (κ3) is 4.07. The van der Waals surface area contributed by atoms with E-state index in [9.17, 15) is 19.5 Å². The molecule has 2 amide bonds. The minimum absolute atomic E-state index is 0.0106. The van der Waals surface area contributed by atoms with Gasteiger partial charge >= 0.3 is 0 Å². The number of ketones is 1. The van der Waals surface area contributed by atoms with Crippen molar-refractivity contribution in [1.82, 2.24) is 0 Å². The number of hydrogen-bond acceptors (Lipinski definition) is 6. The smallest absolute Gasteiger partial charge is 0.300 e. The van der Waals surface area contributed by atoms with Crippen LogP contribution in [0.5, 0.6) is 5.75 Å². The van der Waals surface area contributed by atoms with Gasteiger partial charge in [-0.3, -0.25) is 19.3 Å².